The summed E-state index contributed by atoms with van der Waals surface area (Å²) >= 11 is 0. The van der Waals surface area contributed by atoms with E-state index in [0.717, 1.165) is 22.2 Å². The van der Waals surface area contributed by atoms with Gasteiger partial charge in [-0.1, -0.05) is 31.4 Å². The van der Waals surface area contributed by atoms with E-state index < -0.39 is 0 Å². The molecule has 2 aromatic rings. The average molecular weight is 255 g/mol. The molecule has 0 bridgehead atoms. The van der Waals surface area contributed by atoms with Gasteiger partial charge >= 0.3 is 0 Å². The van der Waals surface area contributed by atoms with Gasteiger partial charge in [0.2, 0.25) is 0 Å². The Hall–Kier alpha value is -1.77. The molecule has 4 N–H and O–H groups in total. The van der Waals surface area contributed by atoms with E-state index in [-0.39, 0.29) is 0 Å². The lowest BCUT2D eigenvalue weighted by atomic mass is 9.82. The van der Waals surface area contributed by atoms with Crippen molar-refractivity contribution < 1.29 is 0 Å². The molecule has 1 aliphatic carbocycles. The average Bonchev–Trinajstić information content (AvgIpc) is 2.45. The zero-order valence-corrected chi connectivity index (χ0v) is 11.4. The molecule has 0 amide bonds. The third-order valence-electron chi connectivity index (χ3n) is 4.42. The van der Waals surface area contributed by atoms with Gasteiger partial charge in [-0.15, -0.1) is 0 Å². The molecule has 0 spiro atoms. The zero-order valence-electron chi connectivity index (χ0n) is 11.4. The fourth-order valence-corrected chi connectivity index (χ4v) is 3.24. The lowest BCUT2D eigenvalue weighted by molar-refractivity contribution is 0.445. The van der Waals surface area contributed by atoms with Crippen LogP contribution in [-0.2, 0) is 0 Å². The lowest BCUT2D eigenvalue weighted by Gasteiger charge is -2.24. The predicted molar refractivity (Wildman–Crippen MR) is 81.1 cm³/mol. The van der Waals surface area contributed by atoms with E-state index in [4.69, 9.17) is 11.5 Å². The summed E-state index contributed by atoms with van der Waals surface area (Å²) in [4.78, 5) is 4.49. The lowest BCUT2D eigenvalue weighted by Crippen LogP contribution is -2.08. The maximum Gasteiger partial charge on any atom is 0.129 e. The number of fused-ring (bicyclic) bond motifs is 1. The number of nitrogens with two attached hydrogens (primary N) is 2. The summed E-state index contributed by atoms with van der Waals surface area (Å²) in [7, 11) is 0. The van der Waals surface area contributed by atoms with Crippen molar-refractivity contribution in [2.45, 2.75) is 44.9 Å². The second-order valence-electron chi connectivity index (χ2n) is 5.61. The Morgan fingerprint density at radius 3 is 2.58 bits per heavy atom. The highest BCUT2D eigenvalue weighted by Crippen LogP contribution is 2.39. The molecule has 0 radical (unpaired) electrons. The van der Waals surface area contributed by atoms with Gasteiger partial charge < -0.3 is 11.5 Å². The van der Waals surface area contributed by atoms with Gasteiger partial charge in [0.25, 0.3) is 0 Å². The van der Waals surface area contributed by atoms with Crippen molar-refractivity contribution in [2.75, 3.05) is 11.5 Å². The highest BCUT2D eigenvalue weighted by molar-refractivity contribution is 5.96. The second-order valence-corrected chi connectivity index (χ2v) is 5.61. The van der Waals surface area contributed by atoms with Crippen molar-refractivity contribution >= 4 is 22.4 Å². The van der Waals surface area contributed by atoms with Crippen LogP contribution in [0.4, 0.5) is 11.5 Å². The Labute approximate surface area is 114 Å². The molecule has 0 aliphatic heterocycles. The molecule has 0 saturated heterocycles. The van der Waals surface area contributed by atoms with Crippen molar-refractivity contribution in [2.24, 2.45) is 0 Å². The Balaban J connectivity index is 2.21. The molecule has 1 aromatic carbocycles. The molecular formula is C16H21N3. The van der Waals surface area contributed by atoms with Gasteiger partial charge in [-0.05, 0) is 37.3 Å². The van der Waals surface area contributed by atoms with Crippen molar-refractivity contribution in [3.8, 4) is 0 Å². The molecule has 3 nitrogen and oxygen atoms in total. The van der Waals surface area contributed by atoms with Crippen LogP contribution in [0.25, 0.3) is 10.9 Å². The number of aromatic nitrogens is 1. The van der Waals surface area contributed by atoms with Crippen LogP contribution in [0.1, 0.15) is 49.1 Å². The van der Waals surface area contributed by atoms with Crippen LogP contribution < -0.4 is 11.5 Å². The molecule has 1 saturated carbocycles. The topological polar surface area (TPSA) is 64.9 Å². The summed E-state index contributed by atoms with van der Waals surface area (Å²) in [6.45, 7) is 1.95. The Morgan fingerprint density at radius 2 is 1.84 bits per heavy atom. The molecule has 3 rings (SSSR count). The minimum atomic E-state index is 0.547. The zero-order chi connectivity index (χ0) is 13.4. The second kappa shape index (κ2) is 4.72. The minimum absolute atomic E-state index is 0.547. The number of nitrogens with zero attached hydrogens (tertiary/aromatic N) is 1. The van der Waals surface area contributed by atoms with Crippen LogP contribution in [-0.4, -0.2) is 4.98 Å². The van der Waals surface area contributed by atoms with Gasteiger partial charge in [0.05, 0.1) is 5.52 Å². The van der Waals surface area contributed by atoms with Crippen molar-refractivity contribution in [3.05, 3.63) is 29.3 Å². The van der Waals surface area contributed by atoms with Gasteiger partial charge in [-0.25, -0.2) is 4.98 Å². The standard InChI is InChI=1S/C16H21N3/c1-10-15(17)14-12(11-6-3-2-4-7-11)8-5-9-13(14)19-16(10)18/h5,8-9,11H,2-4,6-7H2,1H3,(H4,17,18,19). The van der Waals surface area contributed by atoms with Crippen LogP contribution in [0.3, 0.4) is 0 Å². The Bertz CT molecular complexity index is 613. The SMILES string of the molecule is Cc1c(N)nc2cccc(C3CCCCC3)c2c1N. The Morgan fingerprint density at radius 1 is 1.11 bits per heavy atom. The third kappa shape index (κ3) is 2.03. The van der Waals surface area contributed by atoms with Crippen molar-refractivity contribution in [1.82, 2.24) is 4.98 Å². The van der Waals surface area contributed by atoms with Crippen LogP contribution in [0, 0.1) is 6.92 Å². The molecule has 1 heterocycles. The summed E-state index contributed by atoms with van der Waals surface area (Å²) in [5.74, 6) is 1.18. The van der Waals surface area contributed by atoms with Gasteiger partial charge in [0.1, 0.15) is 5.82 Å². The number of hydrogen-bond acceptors (Lipinski definition) is 3. The number of pyridine rings is 1. The van der Waals surface area contributed by atoms with E-state index in [0.29, 0.717) is 11.7 Å². The number of anilines is 2. The number of hydrogen-bond donors (Lipinski definition) is 2. The largest absolute Gasteiger partial charge is 0.398 e. The first-order valence-corrected chi connectivity index (χ1v) is 7.12. The number of rotatable bonds is 1. The summed E-state index contributed by atoms with van der Waals surface area (Å²) in [6, 6.07) is 6.30. The fraction of sp³-hybridized carbons (Fsp3) is 0.438. The highest BCUT2D eigenvalue weighted by atomic mass is 14.9. The monoisotopic (exact) mass is 255 g/mol. The highest BCUT2D eigenvalue weighted by Gasteiger charge is 2.20. The molecule has 100 valence electrons. The molecule has 0 unspecified atom stereocenters. The van der Waals surface area contributed by atoms with Crippen LogP contribution in [0.5, 0.6) is 0 Å². The first kappa shape index (κ1) is 12.3. The minimum Gasteiger partial charge on any atom is -0.398 e. The maximum atomic E-state index is 6.31. The van der Waals surface area contributed by atoms with E-state index in [1.54, 1.807) is 0 Å². The predicted octanol–water partition coefficient (Wildman–Crippen LogP) is 3.76. The Kier molecular flexibility index (Phi) is 3.05. The number of benzene rings is 1. The molecule has 3 heteroatoms. The first-order chi connectivity index (χ1) is 9.18. The summed E-state index contributed by atoms with van der Waals surface area (Å²) in [5.41, 5.74) is 16.3. The summed E-state index contributed by atoms with van der Waals surface area (Å²) in [6.07, 6.45) is 6.54. The summed E-state index contributed by atoms with van der Waals surface area (Å²) < 4.78 is 0. The van der Waals surface area contributed by atoms with Crippen LogP contribution in [0.15, 0.2) is 18.2 Å². The van der Waals surface area contributed by atoms with Crippen LogP contribution in [0.2, 0.25) is 0 Å². The van der Waals surface area contributed by atoms with E-state index in [2.05, 4.69) is 17.1 Å². The quantitative estimate of drug-likeness (QED) is 0.815. The van der Waals surface area contributed by atoms with Gasteiger partial charge in [0.15, 0.2) is 0 Å². The van der Waals surface area contributed by atoms with E-state index >= 15 is 0 Å². The first-order valence-electron chi connectivity index (χ1n) is 7.12. The van der Waals surface area contributed by atoms with Crippen molar-refractivity contribution in [3.63, 3.8) is 0 Å². The van der Waals surface area contributed by atoms with E-state index in [9.17, 15) is 0 Å². The normalized spacial score (nSPS) is 16.9. The van der Waals surface area contributed by atoms with E-state index in [1.807, 2.05) is 13.0 Å². The van der Waals surface area contributed by atoms with Crippen LogP contribution >= 0.6 is 0 Å². The smallest absolute Gasteiger partial charge is 0.129 e. The van der Waals surface area contributed by atoms with Gasteiger partial charge in [0, 0.05) is 16.6 Å². The molecular weight excluding hydrogens is 234 g/mol. The van der Waals surface area contributed by atoms with Crippen molar-refractivity contribution in [1.29, 1.82) is 0 Å². The van der Waals surface area contributed by atoms with Gasteiger partial charge in [-0.2, -0.15) is 0 Å². The van der Waals surface area contributed by atoms with Gasteiger partial charge in [-0.3, -0.25) is 0 Å². The number of nitrogen functional groups attached to an aromatic ring is 2. The molecule has 1 fully saturated rings. The molecule has 1 aliphatic rings. The molecule has 19 heavy (non-hydrogen) atoms. The summed E-state index contributed by atoms with van der Waals surface area (Å²) in [5, 5.41) is 1.13. The maximum absolute atomic E-state index is 6.31. The fourth-order valence-electron chi connectivity index (χ4n) is 3.24. The molecule has 1 aromatic heterocycles. The molecule has 0 atom stereocenters. The van der Waals surface area contributed by atoms with E-state index in [1.165, 1.54) is 37.7 Å². The third-order valence-corrected chi connectivity index (χ3v) is 4.42.